The first kappa shape index (κ1) is 13.3. The Labute approximate surface area is 111 Å². The summed E-state index contributed by atoms with van der Waals surface area (Å²) in [6, 6.07) is 2.94. The van der Waals surface area contributed by atoms with Crippen LogP contribution < -0.4 is 10.2 Å². The quantitative estimate of drug-likeness (QED) is 0.803. The molecule has 1 aliphatic rings. The van der Waals surface area contributed by atoms with E-state index in [0.29, 0.717) is 0 Å². The van der Waals surface area contributed by atoms with Crippen molar-refractivity contribution < 1.29 is 0 Å². The van der Waals surface area contributed by atoms with E-state index < -0.39 is 0 Å². The van der Waals surface area contributed by atoms with Crippen LogP contribution in [0.2, 0.25) is 0 Å². The van der Waals surface area contributed by atoms with E-state index in [2.05, 4.69) is 35.1 Å². The molecule has 0 aromatic carbocycles. The molecule has 1 aromatic heterocycles. The molecule has 0 saturated heterocycles. The smallest absolute Gasteiger partial charge is 0.0445 e. The van der Waals surface area contributed by atoms with Crippen LogP contribution in [0.25, 0.3) is 0 Å². The minimum absolute atomic E-state index is 0.765. The number of hydrogen-bond donors (Lipinski definition) is 1. The van der Waals surface area contributed by atoms with Crippen molar-refractivity contribution in [3.05, 3.63) is 24.0 Å². The molecule has 0 atom stereocenters. The largest absolute Gasteiger partial charge is 0.368 e. The number of anilines is 1. The van der Waals surface area contributed by atoms with Crippen molar-refractivity contribution in [3.63, 3.8) is 0 Å². The lowest BCUT2D eigenvalue weighted by atomic mass is 10.1. The second-order valence-electron chi connectivity index (χ2n) is 5.64. The van der Waals surface area contributed by atoms with E-state index in [0.717, 1.165) is 18.5 Å². The Morgan fingerprint density at radius 1 is 1.44 bits per heavy atom. The molecule has 0 aliphatic heterocycles. The molecule has 0 spiro atoms. The molecule has 1 aromatic rings. The molecule has 100 valence electrons. The van der Waals surface area contributed by atoms with E-state index in [-0.39, 0.29) is 0 Å². The molecule has 1 aliphatic carbocycles. The first-order valence-electron chi connectivity index (χ1n) is 7.06. The number of rotatable bonds is 7. The molecular weight excluding hydrogens is 222 g/mol. The molecule has 1 saturated carbocycles. The van der Waals surface area contributed by atoms with Crippen LogP contribution in [-0.2, 0) is 6.54 Å². The Kier molecular flexibility index (Phi) is 4.59. The van der Waals surface area contributed by atoms with Gasteiger partial charge in [0.15, 0.2) is 0 Å². The number of nitrogens with zero attached hydrogens (tertiary/aromatic N) is 2. The van der Waals surface area contributed by atoms with Crippen LogP contribution in [0.4, 0.5) is 5.69 Å². The molecule has 0 unspecified atom stereocenters. The molecule has 0 amide bonds. The summed E-state index contributed by atoms with van der Waals surface area (Å²) in [7, 11) is 1.99. The second-order valence-corrected chi connectivity index (χ2v) is 5.64. The van der Waals surface area contributed by atoms with Gasteiger partial charge in [-0.2, -0.15) is 0 Å². The van der Waals surface area contributed by atoms with Gasteiger partial charge in [-0.05, 0) is 38.3 Å². The van der Waals surface area contributed by atoms with Crippen LogP contribution in [0.5, 0.6) is 0 Å². The summed E-state index contributed by atoms with van der Waals surface area (Å²) >= 11 is 0. The third-order valence-corrected chi connectivity index (χ3v) is 3.49. The van der Waals surface area contributed by atoms with Crippen molar-refractivity contribution in [1.29, 1.82) is 0 Å². The van der Waals surface area contributed by atoms with Gasteiger partial charge in [-0.3, -0.25) is 4.98 Å². The lowest BCUT2D eigenvalue weighted by molar-refractivity contribution is 0.569. The lowest BCUT2D eigenvalue weighted by Gasteiger charge is -2.27. The van der Waals surface area contributed by atoms with E-state index in [9.17, 15) is 0 Å². The van der Waals surface area contributed by atoms with Crippen LogP contribution in [-0.4, -0.2) is 24.6 Å². The maximum Gasteiger partial charge on any atom is 0.0445 e. The third-order valence-electron chi connectivity index (χ3n) is 3.49. The Morgan fingerprint density at radius 2 is 2.22 bits per heavy atom. The van der Waals surface area contributed by atoms with E-state index in [1.165, 1.54) is 37.1 Å². The Bertz CT molecular complexity index is 372. The average molecular weight is 247 g/mol. The van der Waals surface area contributed by atoms with Crippen LogP contribution in [0.1, 0.15) is 38.7 Å². The zero-order valence-corrected chi connectivity index (χ0v) is 11.8. The van der Waals surface area contributed by atoms with Gasteiger partial charge in [0.1, 0.15) is 0 Å². The maximum absolute atomic E-state index is 4.25. The monoisotopic (exact) mass is 247 g/mol. The normalized spacial score (nSPS) is 15.1. The lowest BCUT2D eigenvalue weighted by Crippen LogP contribution is -2.29. The molecule has 1 fully saturated rings. The van der Waals surface area contributed by atoms with Gasteiger partial charge >= 0.3 is 0 Å². The highest BCUT2D eigenvalue weighted by atomic mass is 15.2. The number of aromatic nitrogens is 1. The summed E-state index contributed by atoms with van der Waals surface area (Å²) in [5.74, 6) is 0.765. The highest BCUT2D eigenvalue weighted by Crippen LogP contribution is 2.33. The summed E-state index contributed by atoms with van der Waals surface area (Å²) in [5, 5.41) is 3.24. The summed E-state index contributed by atoms with van der Waals surface area (Å²) in [4.78, 5) is 6.85. The zero-order chi connectivity index (χ0) is 13.0. The van der Waals surface area contributed by atoms with Crippen molar-refractivity contribution in [2.75, 3.05) is 18.5 Å². The minimum atomic E-state index is 0.765. The van der Waals surface area contributed by atoms with Crippen molar-refractivity contribution in [2.24, 2.45) is 5.92 Å². The van der Waals surface area contributed by atoms with Gasteiger partial charge in [0.25, 0.3) is 0 Å². The topological polar surface area (TPSA) is 28.2 Å². The maximum atomic E-state index is 4.25. The van der Waals surface area contributed by atoms with Gasteiger partial charge in [0.05, 0.1) is 0 Å². The van der Waals surface area contributed by atoms with Crippen molar-refractivity contribution in [3.8, 4) is 0 Å². The van der Waals surface area contributed by atoms with Crippen molar-refractivity contribution in [1.82, 2.24) is 10.3 Å². The van der Waals surface area contributed by atoms with Gasteiger partial charge in [-0.25, -0.2) is 0 Å². The molecule has 0 bridgehead atoms. The zero-order valence-electron chi connectivity index (χ0n) is 11.8. The van der Waals surface area contributed by atoms with E-state index in [1.807, 2.05) is 19.4 Å². The molecule has 2 rings (SSSR count). The molecule has 3 nitrogen and oxygen atoms in total. The molecule has 0 radical (unpaired) electrons. The summed E-state index contributed by atoms with van der Waals surface area (Å²) in [5.41, 5.74) is 2.69. The van der Waals surface area contributed by atoms with E-state index >= 15 is 0 Å². The highest BCUT2D eigenvalue weighted by Gasteiger charge is 2.30. The van der Waals surface area contributed by atoms with Gasteiger partial charge in [0, 0.05) is 42.8 Å². The number of hydrogen-bond acceptors (Lipinski definition) is 3. The van der Waals surface area contributed by atoms with Gasteiger partial charge in [-0.15, -0.1) is 0 Å². The third kappa shape index (κ3) is 3.45. The van der Waals surface area contributed by atoms with Crippen LogP contribution in [0.15, 0.2) is 18.5 Å². The van der Waals surface area contributed by atoms with Gasteiger partial charge in [-0.1, -0.05) is 13.8 Å². The summed E-state index contributed by atoms with van der Waals surface area (Å²) in [6.07, 6.45) is 7.87. The van der Waals surface area contributed by atoms with Gasteiger partial charge in [0.2, 0.25) is 0 Å². The Balaban J connectivity index is 2.13. The SMILES string of the molecule is CNCc1cnccc1N(CCC(C)C)C1CC1. The first-order valence-corrected chi connectivity index (χ1v) is 7.06. The van der Waals surface area contributed by atoms with E-state index in [1.54, 1.807) is 0 Å². The fourth-order valence-corrected chi connectivity index (χ4v) is 2.31. The van der Waals surface area contributed by atoms with Crippen LogP contribution >= 0.6 is 0 Å². The Morgan fingerprint density at radius 3 is 2.83 bits per heavy atom. The molecule has 3 heteroatoms. The molecular formula is C15H25N3. The van der Waals surface area contributed by atoms with E-state index in [4.69, 9.17) is 0 Å². The standard InChI is InChI=1S/C15H25N3/c1-12(2)7-9-18(14-4-5-14)15-6-8-17-11-13(15)10-16-3/h6,8,11-12,14,16H,4-5,7,9-10H2,1-3H3. The van der Waals surface area contributed by atoms with Gasteiger partial charge < -0.3 is 10.2 Å². The van der Waals surface area contributed by atoms with Crippen LogP contribution in [0, 0.1) is 5.92 Å². The predicted octanol–water partition coefficient (Wildman–Crippen LogP) is 2.82. The summed E-state index contributed by atoms with van der Waals surface area (Å²) < 4.78 is 0. The summed E-state index contributed by atoms with van der Waals surface area (Å²) in [6.45, 7) is 6.66. The second kappa shape index (κ2) is 6.19. The van der Waals surface area contributed by atoms with Crippen molar-refractivity contribution in [2.45, 2.75) is 45.7 Å². The fourth-order valence-electron chi connectivity index (χ4n) is 2.31. The minimum Gasteiger partial charge on any atom is -0.368 e. The predicted molar refractivity (Wildman–Crippen MR) is 76.8 cm³/mol. The fraction of sp³-hybridized carbons (Fsp3) is 0.667. The molecule has 18 heavy (non-hydrogen) atoms. The van der Waals surface area contributed by atoms with Crippen LogP contribution in [0.3, 0.4) is 0 Å². The average Bonchev–Trinajstić information content (AvgIpc) is 3.16. The van der Waals surface area contributed by atoms with Crippen molar-refractivity contribution >= 4 is 5.69 Å². The molecule has 1 heterocycles. The molecule has 1 N–H and O–H groups in total. The first-order chi connectivity index (χ1) is 8.72. The highest BCUT2D eigenvalue weighted by molar-refractivity contribution is 5.54. The number of pyridine rings is 1. The number of nitrogens with one attached hydrogen (secondary N) is 1. The Hall–Kier alpha value is -1.09.